The predicted octanol–water partition coefficient (Wildman–Crippen LogP) is 1.44. The van der Waals surface area contributed by atoms with Crippen LogP contribution in [0.3, 0.4) is 0 Å². The molecule has 0 amide bonds. The average molecular weight is 177 g/mol. The molecule has 3 nitrogen and oxygen atoms in total. The molecule has 0 aliphatic heterocycles. The van der Waals surface area contributed by atoms with Gasteiger partial charge in [0, 0.05) is 5.54 Å². The highest BCUT2D eigenvalue weighted by molar-refractivity contribution is 6.25. The lowest BCUT2D eigenvalue weighted by Gasteiger charge is -1.99. The van der Waals surface area contributed by atoms with Crippen LogP contribution in [0.4, 0.5) is 0 Å². The Bertz CT molecular complexity index is 154. The molecule has 0 aliphatic rings. The van der Waals surface area contributed by atoms with Crippen molar-refractivity contribution in [2.75, 3.05) is 13.2 Å². The number of rotatable bonds is 5. The molecular weight excluding hydrogens is 168 g/mol. The molecule has 0 aromatic heterocycles. The van der Waals surface area contributed by atoms with E-state index >= 15 is 0 Å². The van der Waals surface area contributed by atoms with Gasteiger partial charge in [0.2, 0.25) is 0 Å². The Kier molecular flexibility index (Phi) is 6.53. The van der Waals surface area contributed by atoms with E-state index in [0.717, 1.165) is 0 Å². The molecule has 0 radical (unpaired) electrons. The van der Waals surface area contributed by atoms with Crippen LogP contribution >= 0.6 is 11.6 Å². The first kappa shape index (κ1) is 10.0. The largest absolute Gasteiger partial charge is 0.490 e. The third-order valence-electron chi connectivity index (χ3n) is 0.749. The molecule has 4 heteroatoms. The lowest BCUT2D eigenvalue weighted by molar-refractivity contribution is -0.145. The zero-order valence-corrected chi connectivity index (χ0v) is 6.71. The highest BCUT2D eigenvalue weighted by Gasteiger charge is 1.98. The molecule has 0 aromatic rings. The van der Waals surface area contributed by atoms with Crippen LogP contribution in [0.25, 0.3) is 0 Å². The minimum Gasteiger partial charge on any atom is -0.490 e. The molecule has 0 N–H and O–H groups in total. The zero-order chi connectivity index (χ0) is 8.53. The molecule has 11 heavy (non-hydrogen) atoms. The molecule has 0 spiro atoms. The summed E-state index contributed by atoms with van der Waals surface area (Å²) in [6.07, 6.45) is 2.69. The maximum atomic E-state index is 10.6. The molecule has 0 unspecified atom stereocenters. The molecule has 0 aromatic carbocycles. The minimum absolute atomic E-state index is 0.111. The van der Waals surface area contributed by atoms with Crippen molar-refractivity contribution in [3.8, 4) is 0 Å². The van der Waals surface area contributed by atoms with Crippen molar-refractivity contribution in [3.63, 3.8) is 0 Å². The van der Waals surface area contributed by atoms with Gasteiger partial charge in [0.15, 0.2) is 6.61 Å². The molecule has 0 atom stereocenters. The van der Waals surface area contributed by atoms with Gasteiger partial charge in [-0.05, 0) is 6.08 Å². The van der Waals surface area contributed by atoms with E-state index in [4.69, 9.17) is 11.6 Å². The second-order valence-electron chi connectivity index (χ2n) is 1.52. The Morgan fingerprint density at radius 3 is 2.91 bits per heavy atom. The number of hydrogen-bond acceptors (Lipinski definition) is 3. The summed E-state index contributed by atoms with van der Waals surface area (Å²) in [6.45, 7) is 3.32. The predicted molar refractivity (Wildman–Crippen MR) is 42.1 cm³/mol. The maximum Gasteiger partial charge on any atom is 0.344 e. The van der Waals surface area contributed by atoms with Crippen LogP contribution in [-0.2, 0) is 14.3 Å². The number of carbonyl (C=O) groups is 1. The topological polar surface area (TPSA) is 35.5 Å². The van der Waals surface area contributed by atoms with Crippen LogP contribution in [0, 0.1) is 0 Å². The van der Waals surface area contributed by atoms with Gasteiger partial charge in [-0.15, -0.1) is 0 Å². The molecule has 0 saturated heterocycles. The fourth-order valence-electron chi connectivity index (χ4n) is 0.346. The fourth-order valence-corrected chi connectivity index (χ4v) is 0.419. The van der Waals surface area contributed by atoms with Crippen LogP contribution < -0.4 is 0 Å². The number of esters is 1. The SMILES string of the molecule is C=COCC(=O)OC/C=C/Cl. The zero-order valence-electron chi connectivity index (χ0n) is 5.96. The standard InChI is InChI=1S/C7H9ClO3/c1-2-10-6-7(9)11-5-3-4-8/h2-4H,1,5-6H2/b4-3+. The van der Waals surface area contributed by atoms with Crippen molar-refractivity contribution in [2.45, 2.75) is 0 Å². The summed E-state index contributed by atoms with van der Waals surface area (Å²) in [5, 5.41) is 0. The van der Waals surface area contributed by atoms with Gasteiger partial charge in [-0.2, -0.15) is 0 Å². The van der Waals surface area contributed by atoms with Gasteiger partial charge in [-0.3, -0.25) is 0 Å². The lowest BCUT2D eigenvalue weighted by Crippen LogP contribution is -2.10. The molecule has 0 rings (SSSR count). The van der Waals surface area contributed by atoms with E-state index in [1.165, 1.54) is 17.9 Å². The highest BCUT2D eigenvalue weighted by Crippen LogP contribution is 1.84. The van der Waals surface area contributed by atoms with E-state index in [0.29, 0.717) is 0 Å². The van der Waals surface area contributed by atoms with Gasteiger partial charge < -0.3 is 9.47 Å². The van der Waals surface area contributed by atoms with E-state index in [2.05, 4.69) is 16.1 Å². The van der Waals surface area contributed by atoms with E-state index in [-0.39, 0.29) is 13.2 Å². The van der Waals surface area contributed by atoms with Gasteiger partial charge in [0.05, 0.1) is 6.26 Å². The summed E-state index contributed by atoms with van der Waals surface area (Å²) in [6, 6.07) is 0. The van der Waals surface area contributed by atoms with E-state index in [1.807, 2.05) is 0 Å². The Morgan fingerprint density at radius 1 is 1.64 bits per heavy atom. The summed E-state index contributed by atoms with van der Waals surface area (Å²) < 4.78 is 9.16. The summed E-state index contributed by atoms with van der Waals surface area (Å²) in [7, 11) is 0. The van der Waals surface area contributed by atoms with Crippen LogP contribution in [0.5, 0.6) is 0 Å². The monoisotopic (exact) mass is 176 g/mol. The minimum atomic E-state index is -0.445. The van der Waals surface area contributed by atoms with E-state index < -0.39 is 5.97 Å². The van der Waals surface area contributed by atoms with Crippen molar-refractivity contribution < 1.29 is 14.3 Å². The maximum absolute atomic E-state index is 10.6. The number of carbonyl (C=O) groups excluding carboxylic acids is 1. The quantitative estimate of drug-likeness (QED) is 0.470. The van der Waals surface area contributed by atoms with Gasteiger partial charge in [0.1, 0.15) is 6.61 Å². The second kappa shape index (κ2) is 7.15. The molecule has 0 saturated carbocycles. The van der Waals surface area contributed by atoms with Crippen LogP contribution in [-0.4, -0.2) is 19.2 Å². The number of hydrogen-bond donors (Lipinski definition) is 0. The van der Waals surface area contributed by atoms with Crippen LogP contribution in [0.2, 0.25) is 0 Å². The lowest BCUT2D eigenvalue weighted by atomic mass is 10.6. The van der Waals surface area contributed by atoms with E-state index in [9.17, 15) is 4.79 Å². The second-order valence-corrected chi connectivity index (χ2v) is 1.77. The molecule has 0 bridgehead atoms. The Hall–Kier alpha value is -0.960. The van der Waals surface area contributed by atoms with Gasteiger partial charge in [0.25, 0.3) is 0 Å². The van der Waals surface area contributed by atoms with Crippen molar-refractivity contribution in [3.05, 3.63) is 24.5 Å². The Morgan fingerprint density at radius 2 is 2.36 bits per heavy atom. The smallest absolute Gasteiger partial charge is 0.344 e. The Balaban J connectivity index is 3.29. The number of ether oxygens (including phenoxy) is 2. The highest BCUT2D eigenvalue weighted by atomic mass is 35.5. The van der Waals surface area contributed by atoms with Gasteiger partial charge >= 0.3 is 5.97 Å². The van der Waals surface area contributed by atoms with Gasteiger partial charge in [-0.25, -0.2) is 4.79 Å². The number of halogens is 1. The normalized spacial score (nSPS) is 9.55. The third-order valence-corrected chi connectivity index (χ3v) is 0.927. The van der Waals surface area contributed by atoms with Crippen molar-refractivity contribution in [1.29, 1.82) is 0 Å². The molecule has 0 fully saturated rings. The molecule has 0 aliphatic carbocycles. The van der Waals surface area contributed by atoms with Crippen LogP contribution in [0.15, 0.2) is 24.5 Å². The van der Waals surface area contributed by atoms with Crippen molar-refractivity contribution in [2.24, 2.45) is 0 Å². The Labute approximate surface area is 70.2 Å². The van der Waals surface area contributed by atoms with Gasteiger partial charge in [-0.1, -0.05) is 18.2 Å². The van der Waals surface area contributed by atoms with Crippen LogP contribution in [0.1, 0.15) is 0 Å². The first-order chi connectivity index (χ1) is 5.31. The van der Waals surface area contributed by atoms with Crippen molar-refractivity contribution in [1.82, 2.24) is 0 Å². The summed E-state index contributed by atoms with van der Waals surface area (Å²) >= 11 is 5.17. The summed E-state index contributed by atoms with van der Waals surface area (Å²) in [4.78, 5) is 10.6. The third kappa shape index (κ3) is 6.93. The molecule has 62 valence electrons. The average Bonchev–Trinajstić information content (AvgIpc) is 2.01. The summed E-state index contributed by atoms with van der Waals surface area (Å²) in [5.74, 6) is -0.445. The molecular formula is C7H9ClO3. The molecule has 0 heterocycles. The fraction of sp³-hybridized carbons (Fsp3) is 0.286. The van der Waals surface area contributed by atoms with Crippen molar-refractivity contribution >= 4 is 17.6 Å². The summed E-state index contributed by atoms with van der Waals surface area (Å²) in [5.41, 5.74) is 1.28. The first-order valence-electron chi connectivity index (χ1n) is 2.94. The first-order valence-corrected chi connectivity index (χ1v) is 3.38. The van der Waals surface area contributed by atoms with E-state index in [1.54, 1.807) is 0 Å².